The molecule has 3 rings (SSSR count). The number of benzene rings is 2. The summed E-state index contributed by atoms with van der Waals surface area (Å²) < 4.78 is 12.8. The smallest absolute Gasteiger partial charge is 0.282 e. The third-order valence-electron chi connectivity index (χ3n) is 4.14. The number of carbonyl (C=O) groups excluding carboxylic acids is 3. The molecule has 0 atom stereocenters. The zero-order chi connectivity index (χ0) is 19.6. The van der Waals surface area contributed by atoms with Gasteiger partial charge < -0.3 is 5.32 Å². The summed E-state index contributed by atoms with van der Waals surface area (Å²) in [6, 6.07) is 9.43. The van der Waals surface area contributed by atoms with Crippen molar-refractivity contribution in [2.75, 3.05) is 6.54 Å². The Bertz CT molecular complexity index is 943. The molecule has 0 aliphatic carbocycles. The Morgan fingerprint density at radius 1 is 1.11 bits per heavy atom. The van der Waals surface area contributed by atoms with Crippen LogP contribution in [-0.4, -0.2) is 34.1 Å². The highest BCUT2D eigenvalue weighted by Gasteiger charge is 2.40. The molecule has 1 aliphatic heterocycles. The van der Waals surface area contributed by atoms with Crippen LogP contribution < -0.4 is 5.32 Å². The standard InChI is InChI=1S/C18H14FN3O5/c19-12-6-4-11(5-7-12)10-20-15(23)8-9-21-17(24)13-2-1-3-14(22(26)27)16(13)18(21)25/h1-7H,8-10H2,(H,20,23). The predicted molar refractivity (Wildman–Crippen MR) is 91.3 cm³/mol. The molecule has 0 unspecified atom stereocenters. The lowest BCUT2D eigenvalue weighted by Gasteiger charge is -2.13. The zero-order valence-corrected chi connectivity index (χ0v) is 14.0. The van der Waals surface area contributed by atoms with Crippen LogP contribution in [0.3, 0.4) is 0 Å². The van der Waals surface area contributed by atoms with Gasteiger partial charge in [0.2, 0.25) is 5.91 Å². The lowest BCUT2D eigenvalue weighted by Crippen LogP contribution is -2.34. The lowest BCUT2D eigenvalue weighted by molar-refractivity contribution is -0.385. The normalized spacial score (nSPS) is 12.9. The van der Waals surface area contributed by atoms with Crippen molar-refractivity contribution in [1.82, 2.24) is 10.2 Å². The number of rotatable bonds is 6. The fourth-order valence-corrected chi connectivity index (χ4v) is 2.78. The van der Waals surface area contributed by atoms with Gasteiger partial charge in [-0.25, -0.2) is 4.39 Å². The topological polar surface area (TPSA) is 110 Å². The Morgan fingerprint density at radius 2 is 1.81 bits per heavy atom. The van der Waals surface area contributed by atoms with Crippen LogP contribution in [0.15, 0.2) is 42.5 Å². The van der Waals surface area contributed by atoms with Gasteiger partial charge >= 0.3 is 0 Å². The highest BCUT2D eigenvalue weighted by molar-refractivity contribution is 6.23. The molecule has 1 heterocycles. The largest absolute Gasteiger partial charge is 0.352 e. The van der Waals surface area contributed by atoms with E-state index in [9.17, 15) is 28.9 Å². The average molecular weight is 371 g/mol. The second-order valence-corrected chi connectivity index (χ2v) is 5.87. The van der Waals surface area contributed by atoms with Crippen molar-refractivity contribution in [1.29, 1.82) is 0 Å². The van der Waals surface area contributed by atoms with E-state index in [1.165, 1.54) is 36.4 Å². The summed E-state index contributed by atoms with van der Waals surface area (Å²) in [7, 11) is 0. The van der Waals surface area contributed by atoms with Gasteiger partial charge in [0.25, 0.3) is 17.5 Å². The molecule has 0 radical (unpaired) electrons. The van der Waals surface area contributed by atoms with Crippen molar-refractivity contribution in [2.24, 2.45) is 0 Å². The molecule has 1 N–H and O–H groups in total. The summed E-state index contributed by atoms with van der Waals surface area (Å²) in [5.74, 6) is -2.24. The van der Waals surface area contributed by atoms with Gasteiger partial charge in [-0.2, -0.15) is 0 Å². The Kier molecular flexibility index (Phi) is 4.93. The maximum Gasteiger partial charge on any atom is 0.282 e. The van der Waals surface area contributed by atoms with Crippen LogP contribution in [0.1, 0.15) is 32.7 Å². The average Bonchev–Trinajstić information content (AvgIpc) is 2.90. The van der Waals surface area contributed by atoms with E-state index in [2.05, 4.69) is 5.32 Å². The summed E-state index contributed by atoms with van der Waals surface area (Å²) in [6.45, 7) is -0.0224. The number of nitro benzene ring substituents is 1. The molecule has 138 valence electrons. The van der Waals surface area contributed by atoms with Gasteiger partial charge in [0.05, 0.1) is 10.5 Å². The maximum absolute atomic E-state index is 12.8. The minimum Gasteiger partial charge on any atom is -0.352 e. The number of halogens is 1. The molecular weight excluding hydrogens is 357 g/mol. The number of fused-ring (bicyclic) bond motifs is 1. The van der Waals surface area contributed by atoms with Crippen LogP contribution >= 0.6 is 0 Å². The SMILES string of the molecule is O=C(CCN1C(=O)c2cccc([N+](=O)[O-])c2C1=O)NCc1ccc(F)cc1. The van der Waals surface area contributed by atoms with Gasteiger partial charge in [0, 0.05) is 25.6 Å². The first-order valence-corrected chi connectivity index (χ1v) is 8.03. The number of hydrogen-bond donors (Lipinski definition) is 1. The van der Waals surface area contributed by atoms with Crippen molar-refractivity contribution in [3.8, 4) is 0 Å². The van der Waals surface area contributed by atoms with E-state index in [1.54, 1.807) is 0 Å². The van der Waals surface area contributed by atoms with E-state index in [0.29, 0.717) is 5.56 Å². The zero-order valence-electron chi connectivity index (χ0n) is 14.0. The number of nitrogens with zero attached hydrogens (tertiary/aromatic N) is 2. The van der Waals surface area contributed by atoms with Gasteiger partial charge in [0.15, 0.2) is 0 Å². The first-order valence-electron chi connectivity index (χ1n) is 8.03. The number of imide groups is 1. The van der Waals surface area contributed by atoms with Crippen molar-refractivity contribution in [3.63, 3.8) is 0 Å². The molecule has 0 aromatic heterocycles. The molecule has 2 aromatic rings. The Labute approximate surface area is 152 Å². The fraction of sp³-hybridized carbons (Fsp3) is 0.167. The van der Waals surface area contributed by atoms with E-state index in [4.69, 9.17) is 0 Å². The van der Waals surface area contributed by atoms with E-state index in [0.717, 1.165) is 11.0 Å². The summed E-state index contributed by atoms with van der Waals surface area (Å²) in [5.41, 5.74) is -0.0321. The van der Waals surface area contributed by atoms with Crippen molar-refractivity contribution >= 4 is 23.4 Å². The summed E-state index contributed by atoms with van der Waals surface area (Å²) >= 11 is 0. The molecule has 2 aromatic carbocycles. The minimum atomic E-state index is -0.784. The molecule has 0 spiro atoms. The molecule has 9 heteroatoms. The number of nitro groups is 1. The highest BCUT2D eigenvalue weighted by Crippen LogP contribution is 2.30. The molecule has 0 saturated heterocycles. The second kappa shape index (κ2) is 7.32. The summed E-state index contributed by atoms with van der Waals surface area (Å²) in [5, 5.41) is 13.7. The van der Waals surface area contributed by atoms with Crippen molar-refractivity contribution in [3.05, 3.63) is 75.1 Å². The first kappa shape index (κ1) is 18.2. The third-order valence-corrected chi connectivity index (χ3v) is 4.14. The molecule has 8 nitrogen and oxygen atoms in total. The third kappa shape index (κ3) is 3.66. The van der Waals surface area contributed by atoms with E-state index >= 15 is 0 Å². The minimum absolute atomic E-state index is 0.0408. The van der Waals surface area contributed by atoms with Crippen LogP contribution in [0, 0.1) is 15.9 Å². The van der Waals surface area contributed by atoms with Crippen LogP contribution in [0.2, 0.25) is 0 Å². The molecule has 0 bridgehead atoms. The van der Waals surface area contributed by atoms with Gasteiger partial charge in [-0.05, 0) is 23.8 Å². The van der Waals surface area contributed by atoms with Crippen LogP contribution in [0.25, 0.3) is 0 Å². The van der Waals surface area contributed by atoms with Crippen LogP contribution in [0.5, 0.6) is 0 Å². The Hall–Kier alpha value is -3.62. The summed E-state index contributed by atoms with van der Waals surface area (Å²) in [6.07, 6.45) is -0.152. The first-order chi connectivity index (χ1) is 12.9. The Balaban J connectivity index is 1.61. The number of nitrogens with one attached hydrogen (secondary N) is 1. The van der Waals surface area contributed by atoms with E-state index in [-0.39, 0.29) is 36.5 Å². The van der Waals surface area contributed by atoms with Crippen LogP contribution in [-0.2, 0) is 11.3 Å². The molecule has 0 saturated carbocycles. The molecule has 0 fully saturated rings. The van der Waals surface area contributed by atoms with Crippen LogP contribution in [0.4, 0.5) is 10.1 Å². The monoisotopic (exact) mass is 371 g/mol. The van der Waals surface area contributed by atoms with Gasteiger partial charge in [-0.15, -0.1) is 0 Å². The number of hydrogen-bond acceptors (Lipinski definition) is 5. The highest BCUT2D eigenvalue weighted by atomic mass is 19.1. The predicted octanol–water partition coefficient (Wildman–Crippen LogP) is 2.04. The van der Waals surface area contributed by atoms with E-state index < -0.39 is 28.3 Å². The van der Waals surface area contributed by atoms with Gasteiger partial charge in [-0.1, -0.05) is 18.2 Å². The van der Waals surface area contributed by atoms with Gasteiger partial charge in [-0.3, -0.25) is 29.4 Å². The maximum atomic E-state index is 12.8. The number of amides is 3. The lowest BCUT2D eigenvalue weighted by atomic mass is 10.1. The Morgan fingerprint density at radius 3 is 2.48 bits per heavy atom. The van der Waals surface area contributed by atoms with Gasteiger partial charge in [0.1, 0.15) is 11.4 Å². The van der Waals surface area contributed by atoms with Crippen molar-refractivity contribution < 1.29 is 23.7 Å². The molecule has 27 heavy (non-hydrogen) atoms. The second-order valence-electron chi connectivity index (χ2n) is 5.87. The fourth-order valence-electron chi connectivity index (χ4n) is 2.78. The molecule has 1 aliphatic rings. The quantitative estimate of drug-likeness (QED) is 0.475. The summed E-state index contributed by atoms with van der Waals surface area (Å²) in [4.78, 5) is 47.8. The van der Waals surface area contributed by atoms with E-state index in [1.807, 2.05) is 0 Å². The van der Waals surface area contributed by atoms with Crippen molar-refractivity contribution in [2.45, 2.75) is 13.0 Å². The number of carbonyl (C=O) groups is 3. The molecular formula is C18H14FN3O5. The molecule has 3 amide bonds.